The van der Waals surface area contributed by atoms with Crippen LogP contribution >= 0.6 is 0 Å². The predicted octanol–water partition coefficient (Wildman–Crippen LogP) is 1.26. The molecule has 128 valence electrons. The smallest absolute Gasteiger partial charge is 0.230 e. The molecular weight excluding hydrogens is 306 g/mol. The number of hydrogen-bond acceptors (Lipinski definition) is 3. The summed E-state index contributed by atoms with van der Waals surface area (Å²) in [6, 6.07) is 7.58. The monoisotopic (exact) mass is 329 g/mol. The van der Waals surface area contributed by atoms with Crippen LogP contribution in [0.2, 0.25) is 0 Å². The summed E-state index contributed by atoms with van der Waals surface area (Å²) in [5, 5.41) is 2.90. The molecule has 6 nitrogen and oxygen atoms in total. The van der Waals surface area contributed by atoms with Gasteiger partial charge in [-0.2, -0.15) is 0 Å². The molecular formula is C18H23N3O3. The maximum absolute atomic E-state index is 13.0. The van der Waals surface area contributed by atoms with Crippen molar-refractivity contribution in [2.24, 2.45) is 0 Å². The minimum Gasteiger partial charge on any atom is -0.352 e. The van der Waals surface area contributed by atoms with Crippen molar-refractivity contribution in [3.05, 3.63) is 29.8 Å². The molecule has 0 bridgehead atoms. The van der Waals surface area contributed by atoms with Crippen LogP contribution < -0.4 is 10.2 Å². The number of fused-ring (bicyclic) bond motifs is 1. The molecule has 6 heteroatoms. The van der Waals surface area contributed by atoms with Crippen LogP contribution in [0, 0.1) is 0 Å². The SMILES string of the molecule is CC(=O)N[C@@H]1CCCN(C(=O)[C@@H]2CC(=O)N(C)c3ccccc32)C1. The average Bonchev–Trinajstić information content (AvgIpc) is 2.57. The Morgan fingerprint density at radius 3 is 2.75 bits per heavy atom. The van der Waals surface area contributed by atoms with Crippen LogP contribution in [0.5, 0.6) is 0 Å². The summed E-state index contributed by atoms with van der Waals surface area (Å²) in [6.07, 6.45) is 1.94. The Kier molecular flexibility index (Phi) is 4.55. The molecule has 3 rings (SSSR count). The van der Waals surface area contributed by atoms with Crippen molar-refractivity contribution in [2.75, 3.05) is 25.0 Å². The number of piperidine rings is 1. The summed E-state index contributed by atoms with van der Waals surface area (Å²) >= 11 is 0. The first kappa shape index (κ1) is 16.5. The van der Waals surface area contributed by atoms with Crippen molar-refractivity contribution in [3.63, 3.8) is 0 Å². The highest BCUT2D eigenvalue weighted by Crippen LogP contribution is 2.36. The number of carbonyl (C=O) groups is 3. The van der Waals surface area contributed by atoms with Crippen molar-refractivity contribution in [1.29, 1.82) is 0 Å². The van der Waals surface area contributed by atoms with Crippen LogP contribution in [0.3, 0.4) is 0 Å². The molecule has 0 saturated carbocycles. The second-order valence-electron chi connectivity index (χ2n) is 6.59. The Bertz CT molecular complexity index is 673. The van der Waals surface area contributed by atoms with Crippen LogP contribution in [0.4, 0.5) is 5.69 Å². The molecule has 2 atom stereocenters. The normalized spacial score (nSPS) is 23.7. The van der Waals surface area contributed by atoms with E-state index in [1.54, 1.807) is 16.8 Å². The maximum Gasteiger partial charge on any atom is 0.230 e. The van der Waals surface area contributed by atoms with Crippen molar-refractivity contribution < 1.29 is 14.4 Å². The van der Waals surface area contributed by atoms with Gasteiger partial charge in [0.05, 0.1) is 5.92 Å². The zero-order valence-corrected chi connectivity index (χ0v) is 14.1. The topological polar surface area (TPSA) is 69.7 Å². The Hall–Kier alpha value is -2.37. The lowest BCUT2D eigenvalue weighted by Gasteiger charge is -2.37. The van der Waals surface area contributed by atoms with Gasteiger partial charge in [-0.25, -0.2) is 0 Å². The fourth-order valence-corrected chi connectivity index (χ4v) is 3.67. The number of nitrogens with one attached hydrogen (secondary N) is 1. The number of benzene rings is 1. The second-order valence-corrected chi connectivity index (χ2v) is 6.59. The quantitative estimate of drug-likeness (QED) is 0.888. The van der Waals surface area contributed by atoms with E-state index in [0.717, 1.165) is 24.1 Å². The number of hydrogen-bond donors (Lipinski definition) is 1. The van der Waals surface area contributed by atoms with E-state index in [4.69, 9.17) is 0 Å². The number of para-hydroxylation sites is 1. The second kappa shape index (κ2) is 6.63. The molecule has 0 aromatic heterocycles. The van der Waals surface area contributed by atoms with Crippen LogP contribution in [0.15, 0.2) is 24.3 Å². The van der Waals surface area contributed by atoms with Gasteiger partial charge in [0.2, 0.25) is 17.7 Å². The lowest BCUT2D eigenvalue weighted by Crippen LogP contribution is -2.51. The molecule has 0 radical (unpaired) electrons. The zero-order valence-electron chi connectivity index (χ0n) is 14.1. The first-order chi connectivity index (χ1) is 11.5. The maximum atomic E-state index is 13.0. The van der Waals surface area contributed by atoms with Gasteiger partial charge in [-0.3, -0.25) is 14.4 Å². The number of anilines is 1. The Morgan fingerprint density at radius 1 is 1.25 bits per heavy atom. The van der Waals surface area contributed by atoms with Gasteiger partial charge < -0.3 is 15.1 Å². The summed E-state index contributed by atoms with van der Waals surface area (Å²) in [5.74, 6) is -0.559. The molecule has 1 saturated heterocycles. The number of amides is 3. The van der Waals surface area contributed by atoms with Crippen molar-refractivity contribution >= 4 is 23.4 Å². The molecule has 2 aliphatic heterocycles. The molecule has 1 fully saturated rings. The van der Waals surface area contributed by atoms with Gasteiger partial charge in [0, 0.05) is 45.2 Å². The van der Waals surface area contributed by atoms with Crippen LogP contribution in [-0.4, -0.2) is 48.8 Å². The number of carbonyl (C=O) groups excluding carboxylic acids is 3. The lowest BCUT2D eigenvalue weighted by atomic mass is 9.87. The van der Waals surface area contributed by atoms with Gasteiger partial charge in [0.25, 0.3) is 0 Å². The van der Waals surface area contributed by atoms with Crippen LogP contribution in [-0.2, 0) is 14.4 Å². The first-order valence-electron chi connectivity index (χ1n) is 8.38. The van der Waals surface area contributed by atoms with Crippen molar-refractivity contribution in [1.82, 2.24) is 10.2 Å². The zero-order chi connectivity index (χ0) is 17.3. The summed E-state index contributed by atoms with van der Waals surface area (Å²) in [4.78, 5) is 40.0. The molecule has 2 aliphatic rings. The molecule has 1 aromatic carbocycles. The third-order valence-electron chi connectivity index (χ3n) is 4.86. The molecule has 0 spiro atoms. The van der Waals surface area contributed by atoms with Crippen LogP contribution in [0.1, 0.15) is 37.7 Å². The van der Waals surface area contributed by atoms with Crippen molar-refractivity contribution in [2.45, 2.75) is 38.1 Å². The van der Waals surface area contributed by atoms with Gasteiger partial charge in [0.15, 0.2) is 0 Å². The van der Waals surface area contributed by atoms with E-state index in [-0.39, 0.29) is 30.2 Å². The van der Waals surface area contributed by atoms with E-state index in [1.165, 1.54) is 6.92 Å². The van der Waals surface area contributed by atoms with E-state index in [0.29, 0.717) is 13.1 Å². The fraction of sp³-hybridized carbons (Fsp3) is 0.500. The van der Waals surface area contributed by atoms with Crippen LogP contribution in [0.25, 0.3) is 0 Å². The van der Waals surface area contributed by atoms with E-state index in [9.17, 15) is 14.4 Å². The standard InChI is InChI=1S/C18H23N3O3/c1-12(22)19-13-6-5-9-21(11-13)18(24)15-10-17(23)20(2)16-8-4-3-7-14(15)16/h3-4,7-8,13,15H,5-6,9-11H2,1-2H3,(H,19,22)/t13-,15-/m1/s1. The van der Waals surface area contributed by atoms with Gasteiger partial charge in [-0.05, 0) is 24.5 Å². The molecule has 24 heavy (non-hydrogen) atoms. The Morgan fingerprint density at radius 2 is 2.00 bits per heavy atom. The number of likely N-dealkylation sites (tertiary alicyclic amines) is 1. The van der Waals surface area contributed by atoms with Gasteiger partial charge in [-0.1, -0.05) is 18.2 Å². The Labute approximate surface area is 141 Å². The molecule has 0 aliphatic carbocycles. The molecule has 1 aromatic rings. The fourth-order valence-electron chi connectivity index (χ4n) is 3.67. The Balaban J connectivity index is 1.81. The van der Waals surface area contributed by atoms with Gasteiger partial charge >= 0.3 is 0 Å². The minimum atomic E-state index is -0.430. The van der Waals surface area contributed by atoms with E-state index < -0.39 is 5.92 Å². The number of nitrogens with zero attached hydrogens (tertiary/aromatic N) is 2. The summed E-state index contributed by atoms with van der Waals surface area (Å²) in [7, 11) is 1.75. The van der Waals surface area contributed by atoms with E-state index in [2.05, 4.69) is 5.32 Å². The first-order valence-corrected chi connectivity index (χ1v) is 8.38. The van der Waals surface area contributed by atoms with E-state index in [1.807, 2.05) is 24.3 Å². The molecule has 1 N–H and O–H groups in total. The molecule has 2 heterocycles. The highest BCUT2D eigenvalue weighted by molar-refractivity contribution is 6.02. The van der Waals surface area contributed by atoms with Gasteiger partial charge in [-0.15, -0.1) is 0 Å². The third-order valence-corrected chi connectivity index (χ3v) is 4.86. The van der Waals surface area contributed by atoms with E-state index >= 15 is 0 Å². The van der Waals surface area contributed by atoms with Crippen molar-refractivity contribution in [3.8, 4) is 0 Å². The summed E-state index contributed by atoms with van der Waals surface area (Å²) in [5.41, 5.74) is 1.72. The highest BCUT2D eigenvalue weighted by atomic mass is 16.2. The molecule has 3 amide bonds. The highest BCUT2D eigenvalue weighted by Gasteiger charge is 2.37. The third kappa shape index (κ3) is 3.13. The molecule has 0 unspecified atom stereocenters. The van der Waals surface area contributed by atoms with Gasteiger partial charge in [0.1, 0.15) is 0 Å². The summed E-state index contributed by atoms with van der Waals surface area (Å²) in [6.45, 7) is 2.69. The minimum absolute atomic E-state index is 0.00240. The number of rotatable bonds is 2. The summed E-state index contributed by atoms with van der Waals surface area (Å²) < 4.78 is 0. The average molecular weight is 329 g/mol. The predicted molar refractivity (Wildman–Crippen MR) is 90.6 cm³/mol. The largest absolute Gasteiger partial charge is 0.352 e. The lowest BCUT2D eigenvalue weighted by molar-refractivity contribution is -0.137.